The summed E-state index contributed by atoms with van der Waals surface area (Å²) in [4.78, 5) is 0. The lowest BCUT2D eigenvalue weighted by Gasteiger charge is -2.18. The molecule has 0 radical (unpaired) electrons. The Bertz CT molecular complexity index is 614. The summed E-state index contributed by atoms with van der Waals surface area (Å²) in [6.45, 7) is 5.63. The minimum Gasteiger partial charge on any atom is -0.454 e. The summed E-state index contributed by atoms with van der Waals surface area (Å²) in [6, 6.07) is 6.11. The molecule has 0 amide bonds. The summed E-state index contributed by atoms with van der Waals surface area (Å²) >= 11 is 0. The fraction of sp³-hybridized carbons (Fsp3) is 0.667. The summed E-state index contributed by atoms with van der Waals surface area (Å²) in [5.74, 6) is 1.97. The van der Waals surface area contributed by atoms with E-state index in [-0.39, 0.29) is 0 Å². The molecular formula is C18H28O4S. The molecule has 0 fully saturated rings. The molecule has 1 heterocycles. The van der Waals surface area contributed by atoms with E-state index in [1.807, 2.05) is 6.07 Å². The van der Waals surface area contributed by atoms with Crippen molar-refractivity contribution in [3.05, 3.63) is 23.8 Å². The lowest BCUT2D eigenvalue weighted by molar-refractivity contribution is 0.174. The largest absolute Gasteiger partial charge is 0.454 e. The number of ether oxygens (including phenoxy) is 2. The van der Waals surface area contributed by atoms with Crippen molar-refractivity contribution in [2.75, 3.05) is 12.5 Å². The number of sulfone groups is 1. The minimum absolute atomic E-state index is 0.304. The van der Waals surface area contributed by atoms with E-state index >= 15 is 0 Å². The number of benzene rings is 1. The third-order valence-corrected chi connectivity index (χ3v) is 6.94. The summed E-state index contributed by atoms with van der Waals surface area (Å²) < 4.78 is 34.0. The van der Waals surface area contributed by atoms with Crippen molar-refractivity contribution in [3.63, 3.8) is 0 Å². The van der Waals surface area contributed by atoms with Crippen LogP contribution in [-0.4, -0.2) is 25.7 Å². The molecule has 0 bridgehead atoms. The molecule has 0 N–H and O–H groups in total. The first-order valence-electron chi connectivity index (χ1n) is 8.40. The molecule has 0 unspecified atom stereocenters. The third kappa shape index (κ3) is 5.13. The van der Waals surface area contributed by atoms with Crippen LogP contribution >= 0.6 is 0 Å². The van der Waals surface area contributed by atoms with Gasteiger partial charge in [-0.05, 0) is 57.7 Å². The van der Waals surface area contributed by atoms with Gasteiger partial charge in [-0.25, -0.2) is 8.42 Å². The van der Waals surface area contributed by atoms with Crippen molar-refractivity contribution in [2.24, 2.45) is 0 Å². The van der Waals surface area contributed by atoms with Crippen LogP contribution in [0.5, 0.6) is 11.5 Å². The van der Waals surface area contributed by atoms with E-state index < -0.39 is 14.6 Å². The van der Waals surface area contributed by atoms with Gasteiger partial charge < -0.3 is 9.47 Å². The predicted octanol–water partition coefficient (Wildman–Crippen LogP) is 4.12. The molecule has 0 aromatic heterocycles. The van der Waals surface area contributed by atoms with Crippen LogP contribution < -0.4 is 9.47 Å². The van der Waals surface area contributed by atoms with Crippen LogP contribution in [0.1, 0.15) is 58.4 Å². The summed E-state index contributed by atoms with van der Waals surface area (Å²) in [5.41, 5.74) is 1.27. The number of aryl methyl sites for hydroxylation is 1. The summed E-state index contributed by atoms with van der Waals surface area (Å²) in [5, 5.41) is 0. The van der Waals surface area contributed by atoms with Crippen molar-refractivity contribution in [2.45, 2.75) is 64.0 Å². The van der Waals surface area contributed by atoms with Crippen LogP contribution in [0, 0.1) is 0 Å². The van der Waals surface area contributed by atoms with Crippen LogP contribution in [0.2, 0.25) is 0 Å². The molecule has 0 atom stereocenters. The molecule has 130 valence electrons. The van der Waals surface area contributed by atoms with Crippen molar-refractivity contribution in [1.29, 1.82) is 0 Å². The van der Waals surface area contributed by atoms with Gasteiger partial charge in [0, 0.05) is 0 Å². The molecule has 0 aliphatic carbocycles. The summed E-state index contributed by atoms with van der Waals surface area (Å²) in [6.07, 6.45) is 6.11. The van der Waals surface area contributed by atoms with Gasteiger partial charge in [0.15, 0.2) is 21.3 Å². The maximum absolute atomic E-state index is 12.0. The van der Waals surface area contributed by atoms with Crippen LogP contribution in [-0.2, 0) is 16.3 Å². The maximum atomic E-state index is 12.0. The number of fused-ring (bicyclic) bond motifs is 1. The molecule has 5 heteroatoms. The SMILES string of the molecule is CC(C)(C)S(=O)(=O)CCCCCCCc1ccc2c(c1)OCO2. The highest BCUT2D eigenvalue weighted by atomic mass is 32.2. The van der Waals surface area contributed by atoms with E-state index in [9.17, 15) is 8.42 Å². The zero-order valence-electron chi connectivity index (χ0n) is 14.4. The number of unbranched alkanes of at least 4 members (excludes halogenated alkanes) is 4. The van der Waals surface area contributed by atoms with E-state index in [0.717, 1.165) is 50.0 Å². The molecule has 0 saturated heterocycles. The Hall–Kier alpha value is -1.23. The lowest BCUT2D eigenvalue weighted by Crippen LogP contribution is -2.30. The average molecular weight is 340 g/mol. The Morgan fingerprint density at radius 1 is 0.957 bits per heavy atom. The van der Waals surface area contributed by atoms with Gasteiger partial charge in [-0.3, -0.25) is 0 Å². The molecule has 1 aliphatic rings. The smallest absolute Gasteiger partial charge is 0.231 e. The van der Waals surface area contributed by atoms with E-state index in [4.69, 9.17) is 9.47 Å². The van der Waals surface area contributed by atoms with Crippen molar-refractivity contribution in [1.82, 2.24) is 0 Å². The monoisotopic (exact) mass is 340 g/mol. The molecule has 0 saturated carbocycles. The molecule has 23 heavy (non-hydrogen) atoms. The van der Waals surface area contributed by atoms with Crippen molar-refractivity contribution in [3.8, 4) is 11.5 Å². The van der Waals surface area contributed by atoms with E-state index in [2.05, 4.69) is 12.1 Å². The van der Waals surface area contributed by atoms with Gasteiger partial charge in [0.05, 0.1) is 10.5 Å². The maximum Gasteiger partial charge on any atom is 0.231 e. The molecule has 1 aromatic carbocycles. The zero-order chi connectivity index (χ0) is 16.9. The van der Waals surface area contributed by atoms with Gasteiger partial charge in [0.25, 0.3) is 0 Å². The van der Waals surface area contributed by atoms with Crippen LogP contribution in [0.15, 0.2) is 18.2 Å². The minimum atomic E-state index is -2.97. The van der Waals surface area contributed by atoms with Gasteiger partial charge in [-0.1, -0.05) is 25.3 Å². The van der Waals surface area contributed by atoms with Gasteiger partial charge in [0.2, 0.25) is 6.79 Å². The lowest BCUT2D eigenvalue weighted by atomic mass is 10.1. The van der Waals surface area contributed by atoms with Gasteiger partial charge >= 0.3 is 0 Å². The Morgan fingerprint density at radius 2 is 1.61 bits per heavy atom. The normalized spacial score (nSPS) is 14.2. The fourth-order valence-corrected chi connectivity index (χ4v) is 3.75. The van der Waals surface area contributed by atoms with Gasteiger partial charge in [0.1, 0.15) is 0 Å². The highest BCUT2D eigenvalue weighted by Crippen LogP contribution is 2.32. The highest BCUT2D eigenvalue weighted by molar-refractivity contribution is 7.92. The number of hydrogen-bond acceptors (Lipinski definition) is 4. The molecular weight excluding hydrogens is 312 g/mol. The number of rotatable bonds is 8. The molecule has 1 aromatic rings. The molecule has 2 rings (SSSR count). The first-order chi connectivity index (χ1) is 10.8. The second-order valence-corrected chi connectivity index (χ2v) is 10.00. The van der Waals surface area contributed by atoms with Crippen LogP contribution in [0.25, 0.3) is 0 Å². The Labute approximate surface area is 140 Å². The van der Waals surface area contributed by atoms with Gasteiger partial charge in [-0.15, -0.1) is 0 Å². The number of hydrogen-bond donors (Lipinski definition) is 0. The Morgan fingerprint density at radius 3 is 2.35 bits per heavy atom. The second-order valence-electron chi connectivity index (χ2n) is 7.14. The second kappa shape index (κ2) is 7.56. The molecule has 4 nitrogen and oxygen atoms in total. The average Bonchev–Trinajstić information content (AvgIpc) is 2.92. The Kier molecular flexibility index (Phi) is 5.95. The fourth-order valence-electron chi connectivity index (χ4n) is 2.55. The van der Waals surface area contributed by atoms with Gasteiger partial charge in [-0.2, -0.15) is 0 Å². The standard InChI is InChI=1S/C18H28O4S/c1-18(2,3)23(19,20)12-8-6-4-5-7-9-15-10-11-16-17(13-15)22-14-21-16/h10-11,13H,4-9,12,14H2,1-3H3. The Balaban J connectivity index is 1.60. The van der Waals surface area contributed by atoms with E-state index in [1.165, 1.54) is 5.56 Å². The van der Waals surface area contributed by atoms with E-state index in [1.54, 1.807) is 20.8 Å². The topological polar surface area (TPSA) is 52.6 Å². The first-order valence-corrected chi connectivity index (χ1v) is 10.1. The molecule has 1 aliphatic heterocycles. The third-order valence-electron chi connectivity index (χ3n) is 4.25. The summed E-state index contributed by atoms with van der Waals surface area (Å²) in [7, 11) is -2.97. The van der Waals surface area contributed by atoms with E-state index in [0.29, 0.717) is 12.5 Å². The van der Waals surface area contributed by atoms with Crippen molar-refractivity contribution < 1.29 is 17.9 Å². The first kappa shape index (κ1) is 18.1. The highest BCUT2D eigenvalue weighted by Gasteiger charge is 2.27. The quantitative estimate of drug-likeness (QED) is 0.668. The van der Waals surface area contributed by atoms with Crippen LogP contribution in [0.4, 0.5) is 0 Å². The van der Waals surface area contributed by atoms with Crippen LogP contribution in [0.3, 0.4) is 0 Å². The zero-order valence-corrected chi connectivity index (χ0v) is 15.2. The predicted molar refractivity (Wildman–Crippen MR) is 92.9 cm³/mol. The molecule has 0 spiro atoms. The van der Waals surface area contributed by atoms with Crippen molar-refractivity contribution >= 4 is 9.84 Å².